The monoisotopic (exact) mass is 331 g/mol. The van der Waals surface area contributed by atoms with E-state index in [-0.39, 0.29) is 0 Å². The van der Waals surface area contributed by atoms with Crippen molar-refractivity contribution >= 4 is 17.5 Å². The van der Waals surface area contributed by atoms with Gasteiger partial charge in [0.25, 0.3) is 0 Å². The second kappa shape index (κ2) is 7.51. The van der Waals surface area contributed by atoms with E-state index in [1.807, 2.05) is 44.2 Å². The molecule has 1 fully saturated rings. The first-order chi connectivity index (χ1) is 11.1. The molecule has 2 N–H and O–H groups in total. The number of methoxy groups -OCH3 is 1. The normalized spacial score (nSPS) is 18.6. The van der Waals surface area contributed by atoms with Gasteiger partial charge in [-0.25, -0.2) is 0 Å². The van der Waals surface area contributed by atoms with Crippen LogP contribution in [-0.2, 0) is 0 Å². The lowest BCUT2D eigenvalue weighted by Gasteiger charge is -2.07. The third-order valence-electron chi connectivity index (χ3n) is 4.02. The Kier molecular flexibility index (Phi) is 5.67. The number of hydrogen-bond donors (Lipinski definition) is 1. The third kappa shape index (κ3) is 3.85. The zero-order valence-electron chi connectivity index (χ0n) is 13.7. The molecule has 2 atom stereocenters. The standard InChI is InChI=1S/C17H16ClNO2.C2H6/c1-21-12-6-7-13(16(18)8-12)15-9-14(15)10-2-4-11(5-3-10)17(19)20;1-2/h2-8,14-15H,9H2,1H3,(H2,19,20);1-2H3. The summed E-state index contributed by atoms with van der Waals surface area (Å²) >= 11 is 6.32. The van der Waals surface area contributed by atoms with Gasteiger partial charge in [-0.1, -0.05) is 43.6 Å². The van der Waals surface area contributed by atoms with Gasteiger partial charge in [0.2, 0.25) is 5.91 Å². The summed E-state index contributed by atoms with van der Waals surface area (Å²) in [6.07, 6.45) is 1.07. The smallest absolute Gasteiger partial charge is 0.248 e. The van der Waals surface area contributed by atoms with Gasteiger partial charge in [-0.15, -0.1) is 0 Å². The minimum atomic E-state index is -0.396. The average molecular weight is 332 g/mol. The molecule has 3 rings (SSSR count). The van der Waals surface area contributed by atoms with Gasteiger partial charge in [-0.3, -0.25) is 4.79 Å². The number of carbonyl (C=O) groups is 1. The van der Waals surface area contributed by atoms with Gasteiger partial charge >= 0.3 is 0 Å². The highest BCUT2D eigenvalue weighted by Crippen LogP contribution is 2.56. The number of primary amides is 1. The SMILES string of the molecule is CC.COc1ccc(C2CC2c2ccc(C(N)=O)cc2)c(Cl)c1. The summed E-state index contributed by atoms with van der Waals surface area (Å²) in [6.45, 7) is 4.00. The molecule has 0 bridgehead atoms. The van der Waals surface area contributed by atoms with Gasteiger partial charge in [0, 0.05) is 10.6 Å². The minimum Gasteiger partial charge on any atom is -0.497 e. The molecule has 2 aromatic rings. The van der Waals surface area contributed by atoms with Gasteiger partial charge in [0.05, 0.1) is 7.11 Å². The molecule has 0 aliphatic heterocycles. The maximum absolute atomic E-state index is 11.1. The number of hydrogen-bond acceptors (Lipinski definition) is 2. The lowest BCUT2D eigenvalue weighted by Crippen LogP contribution is -2.10. The Morgan fingerprint density at radius 1 is 1.13 bits per heavy atom. The van der Waals surface area contributed by atoms with Gasteiger partial charge < -0.3 is 10.5 Å². The number of ether oxygens (including phenoxy) is 1. The Bertz CT molecular complexity index is 682. The molecule has 1 amide bonds. The van der Waals surface area contributed by atoms with Crippen LogP contribution in [0.5, 0.6) is 5.75 Å². The Labute approximate surface area is 142 Å². The molecule has 1 aliphatic rings. The highest BCUT2D eigenvalue weighted by molar-refractivity contribution is 6.31. The van der Waals surface area contributed by atoms with Crippen molar-refractivity contribution in [3.63, 3.8) is 0 Å². The number of nitrogens with two attached hydrogens (primary N) is 1. The van der Waals surface area contributed by atoms with Crippen molar-refractivity contribution in [2.24, 2.45) is 5.73 Å². The van der Waals surface area contributed by atoms with E-state index in [0.717, 1.165) is 22.8 Å². The molecule has 2 unspecified atom stereocenters. The Balaban J connectivity index is 0.000000924. The largest absolute Gasteiger partial charge is 0.497 e. The maximum Gasteiger partial charge on any atom is 0.248 e. The number of carbonyl (C=O) groups excluding carboxylic acids is 1. The third-order valence-corrected chi connectivity index (χ3v) is 4.35. The Hall–Kier alpha value is -2.00. The van der Waals surface area contributed by atoms with Crippen LogP contribution >= 0.6 is 11.6 Å². The summed E-state index contributed by atoms with van der Waals surface area (Å²) in [5, 5.41) is 0.746. The molecule has 0 aromatic heterocycles. The van der Waals surface area contributed by atoms with Crippen LogP contribution in [0.1, 0.15) is 53.6 Å². The minimum absolute atomic E-state index is 0.396. The van der Waals surface area contributed by atoms with Crippen LogP contribution in [0.2, 0.25) is 5.02 Å². The molecule has 4 heteroatoms. The van der Waals surface area contributed by atoms with Crippen molar-refractivity contribution < 1.29 is 9.53 Å². The van der Waals surface area contributed by atoms with Gasteiger partial charge in [0.15, 0.2) is 0 Å². The van der Waals surface area contributed by atoms with Crippen LogP contribution in [0.4, 0.5) is 0 Å². The van der Waals surface area contributed by atoms with Crippen LogP contribution in [-0.4, -0.2) is 13.0 Å². The summed E-state index contributed by atoms with van der Waals surface area (Å²) in [5.74, 6) is 1.26. The molecule has 1 saturated carbocycles. The van der Waals surface area contributed by atoms with E-state index in [2.05, 4.69) is 0 Å². The summed E-state index contributed by atoms with van der Waals surface area (Å²) in [5.41, 5.74) is 8.17. The molecular formula is C19H22ClNO2. The van der Waals surface area contributed by atoms with Crippen molar-refractivity contribution in [1.82, 2.24) is 0 Å². The van der Waals surface area contributed by atoms with E-state index in [9.17, 15) is 4.79 Å². The zero-order chi connectivity index (χ0) is 17.0. The summed E-state index contributed by atoms with van der Waals surface area (Å²) in [4.78, 5) is 11.1. The first kappa shape index (κ1) is 17.4. The number of amides is 1. The van der Waals surface area contributed by atoms with E-state index in [1.54, 1.807) is 19.2 Å². The molecule has 122 valence electrons. The Morgan fingerprint density at radius 3 is 2.30 bits per heavy atom. The quantitative estimate of drug-likeness (QED) is 0.879. The molecule has 0 radical (unpaired) electrons. The first-order valence-corrected chi connectivity index (χ1v) is 8.21. The summed E-state index contributed by atoms with van der Waals surface area (Å²) in [6, 6.07) is 13.3. The van der Waals surface area contributed by atoms with Crippen molar-refractivity contribution in [3.05, 3.63) is 64.2 Å². The fourth-order valence-corrected chi connectivity index (χ4v) is 3.05. The second-order valence-electron chi connectivity index (χ2n) is 5.32. The zero-order valence-corrected chi connectivity index (χ0v) is 14.4. The van der Waals surface area contributed by atoms with Crippen LogP contribution in [0.25, 0.3) is 0 Å². The van der Waals surface area contributed by atoms with Gasteiger partial charge in [0.1, 0.15) is 5.75 Å². The lowest BCUT2D eigenvalue weighted by molar-refractivity contribution is 0.100. The van der Waals surface area contributed by atoms with Crippen LogP contribution in [0, 0.1) is 0 Å². The molecule has 23 heavy (non-hydrogen) atoms. The predicted molar refractivity (Wildman–Crippen MR) is 94.4 cm³/mol. The molecule has 2 aromatic carbocycles. The van der Waals surface area contributed by atoms with Crippen LogP contribution < -0.4 is 10.5 Å². The highest BCUT2D eigenvalue weighted by atomic mass is 35.5. The van der Waals surface area contributed by atoms with Crippen molar-refractivity contribution in [2.75, 3.05) is 7.11 Å². The fourth-order valence-electron chi connectivity index (χ4n) is 2.74. The van der Waals surface area contributed by atoms with Crippen molar-refractivity contribution in [3.8, 4) is 5.75 Å². The van der Waals surface area contributed by atoms with Crippen LogP contribution in [0.15, 0.2) is 42.5 Å². The van der Waals surface area contributed by atoms with Crippen molar-refractivity contribution in [1.29, 1.82) is 0 Å². The molecular weight excluding hydrogens is 310 g/mol. The summed E-state index contributed by atoms with van der Waals surface area (Å²) < 4.78 is 5.17. The first-order valence-electron chi connectivity index (χ1n) is 7.83. The van der Waals surface area contributed by atoms with Crippen LogP contribution in [0.3, 0.4) is 0 Å². The van der Waals surface area contributed by atoms with E-state index in [0.29, 0.717) is 17.4 Å². The maximum atomic E-state index is 11.1. The second-order valence-corrected chi connectivity index (χ2v) is 5.73. The topological polar surface area (TPSA) is 52.3 Å². The average Bonchev–Trinajstić information content (AvgIpc) is 3.37. The molecule has 0 saturated heterocycles. The fraction of sp³-hybridized carbons (Fsp3) is 0.316. The van der Waals surface area contributed by atoms with E-state index < -0.39 is 5.91 Å². The Morgan fingerprint density at radius 2 is 1.78 bits per heavy atom. The van der Waals surface area contributed by atoms with E-state index >= 15 is 0 Å². The molecule has 0 heterocycles. The molecule has 0 spiro atoms. The van der Waals surface area contributed by atoms with E-state index in [4.69, 9.17) is 22.1 Å². The van der Waals surface area contributed by atoms with E-state index in [1.165, 1.54) is 5.56 Å². The molecule has 3 nitrogen and oxygen atoms in total. The number of rotatable bonds is 4. The van der Waals surface area contributed by atoms with Gasteiger partial charge in [-0.2, -0.15) is 0 Å². The number of halogens is 1. The molecule has 1 aliphatic carbocycles. The lowest BCUT2D eigenvalue weighted by atomic mass is 10.0. The highest BCUT2D eigenvalue weighted by Gasteiger charge is 2.40. The number of benzene rings is 2. The van der Waals surface area contributed by atoms with Gasteiger partial charge in [-0.05, 0) is 53.6 Å². The van der Waals surface area contributed by atoms with Crippen molar-refractivity contribution in [2.45, 2.75) is 32.1 Å². The predicted octanol–water partition coefficient (Wildman–Crippen LogP) is 4.74. The summed E-state index contributed by atoms with van der Waals surface area (Å²) in [7, 11) is 1.63.